The molecule has 2 atom stereocenters. The molecule has 0 aromatic heterocycles. The molecular weight excluding hydrogens is 305 g/mol. The van der Waals surface area contributed by atoms with Crippen molar-refractivity contribution in [3.63, 3.8) is 0 Å². The molecular formula is C13H19Cl2NO2S. The van der Waals surface area contributed by atoms with Crippen LogP contribution in [0.3, 0.4) is 0 Å². The lowest BCUT2D eigenvalue weighted by Crippen LogP contribution is -2.34. The monoisotopic (exact) mass is 323 g/mol. The minimum absolute atomic E-state index is 0.196. The molecule has 6 heteroatoms. The summed E-state index contributed by atoms with van der Waals surface area (Å²) in [5.74, 6) is 0.530. The molecule has 3 nitrogen and oxygen atoms in total. The lowest BCUT2D eigenvalue weighted by atomic mass is 10.3. The highest BCUT2D eigenvalue weighted by atomic mass is 35.5. The third-order valence-electron chi connectivity index (χ3n) is 2.54. The number of hydrogen-bond donors (Lipinski definition) is 2. The van der Waals surface area contributed by atoms with Crippen molar-refractivity contribution in [3.05, 3.63) is 28.2 Å². The van der Waals surface area contributed by atoms with Crippen molar-refractivity contribution in [2.75, 3.05) is 26.0 Å². The molecule has 0 radical (unpaired) electrons. The Bertz CT molecular complexity index is 393. The second-order valence-electron chi connectivity index (χ2n) is 4.24. The Morgan fingerprint density at radius 1 is 1.37 bits per heavy atom. The maximum Gasteiger partial charge on any atom is 0.138 e. The summed E-state index contributed by atoms with van der Waals surface area (Å²) in [5, 5.41) is 14.5. The van der Waals surface area contributed by atoms with E-state index in [4.69, 9.17) is 27.9 Å². The third kappa shape index (κ3) is 6.72. The molecule has 0 spiro atoms. The van der Waals surface area contributed by atoms with Crippen LogP contribution in [0.4, 0.5) is 0 Å². The van der Waals surface area contributed by atoms with Crippen molar-refractivity contribution in [1.82, 2.24) is 5.32 Å². The molecule has 0 heterocycles. The Morgan fingerprint density at radius 3 is 2.74 bits per heavy atom. The number of aliphatic hydroxyl groups excluding tert-OH is 1. The van der Waals surface area contributed by atoms with Crippen molar-refractivity contribution in [3.8, 4) is 5.75 Å². The van der Waals surface area contributed by atoms with Crippen molar-refractivity contribution in [2.45, 2.75) is 18.3 Å². The van der Waals surface area contributed by atoms with Crippen LogP contribution >= 0.6 is 35.0 Å². The molecule has 0 bridgehead atoms. The van der Waals surface area contributed by atoms with Crippen molar-refractivity contribution in [2.24, 2.45) is 0 Å². The highest BCUT2D eigenvalue weighted by Gasteiger charge is 2.08. The summed E-state index contributed by atoms with van der Waals surface area (Å²) in [4.78, 5) is 0. The first-order valence-corrected chi connectivity index (χ1v) is 8.06. The average molecular weight is 324 g/mol. The molecule has 0 aliphatic carbocycles. The summed E-state index contributed by atoms with van der Waals surface area (Å²) in [6.07, 6.45) is 1.50. The quantitative estimate of drug-likeness (QED) is 0.771. The summed E-state index contributed by atoms with van der Waals surface area (Å²) in [5.41, 5.74) is 0. The zero-order valence-electron chi connectivity index (χ0n) is 11.0. The van der Waals surface area contributed by atoms with Gasteiger partial charge in [0, 0.05) is 23.4 Å². The molecule has 0 aliphatic rings. The largest absolute Gasteiger partial charge is 0.489 e. The Hall–Kier alpha value is -0.130. The van der Waals surface area contributed by atoms with Gasteiger partial charge in [-0.3, -0.25) is 0 Å². The van der Waals surface area contributed by atoms with Gasteiger partial charge in [0.2, 0.25) is 0 Å². The van der Waals surface area contributed by atoms with Crippen molar-refractivity contribution >= 4 is 35.0 Å². The molecule has 1 aromatic carbocycles. The van der Waals surface area contributed by atoms with E-state index in [0.29, 0.717) is 27.6 Å². The molecule has 2 unspecified atom stereocenters. The number of rotatable bonds is 8. The fraction of sp³-hybridized carbons (Fsp3) is 0.538. The van der Waals surface area contributed by atoms with Gasteiger partial charge < -0.3 is 15.2 Å². The summed E-state index contributed by atoms with van der Waals surface area (Å²) in [7, 11) is 0. The van der Waals surface area contributed by atoms with Gasteiger partial charge in [-0.1, -0.05) is 30.1 Å². The van der Waals surface area contributed by atoms with Crippen LogP contribution in [0.15, 0.2) is 18.2 Å². The van der Waals surface area contributed by atoms with Gasteiger partial charge in [-0.25, -0.2) is 0 Å². The van der Waals surface area contributed by atoms with E-state index >= 15 is 0 Å². The second-order valence-corrected chi connectivity index (χ2v) is 6.36. The molecule has 0 amide bonds. The van der Waals surface area contributed by atoms with Gasteiger partial charge in [0.05, 0.1) is 5.02 Å². The Morgan fingerprint density at radius 2 is 2.11 bits per heavy atom. The molecule has 2 N–H and O–H groups in total. The molecule has 0 saturated carbocycles. The van der Waals surface area contributed by atoms with Gasteiger partial charge in [-0.05, 0) is 24.5 Å². The summed E-state index contributed by atoms with van der Waals surface area (Å²) < 4.78 is 5.45. The Labute approximate surface area is 128 Å². The number of hydrogen-bond acceptors (Lipinski definition) is 4. The number of thioether (sulfide) groups is 1. The SMILES string of the molecule is CSC(C)CNCC(O)COc1ccc(Cl)cc1Cl. The summed E-state index contributed by atoms with van der Waals surface area (Å²) >= 11 is 13.5. The lowest BCUT2D eigenvalue weighted by Gasteiger charge is -2.15. The molecule has 0 saturated heterocycles. The van der Waals surface area contributed by atoms with E-state index in [1.807, 2.05) is 0 Å². The third-order valence-corrected chi connectivity index (χ3v) is 4.04. The minimum atomic E-state index is -0.569. The second kappa shape index (κ2) is 8.93. The highest BCUT2D eigenvalue weighted by molar-refractivity contribution is 7.99. The van der Waals surface area contributed by atoms with Crippen LogP contribution in [-0.4, -0.2) is 42.4 Å². The number of halogens is 2. The summed E-state index contributed by atoms with van der Waals surface area (Å²) in [6.45, 7) is 3.69. The molecule has 1 rings (SSSR count). The molecule has 108 valence electrons. The van der Waals surface area contributed by atoms with E-state index in [2.05, 4.69) is 18.5 Å². The maximum atomic E-state index is 9.78. The van der Waals surface area contributed by atoms with E-state index in [1.165, 1.54) is 0 Å². The molecule has 1 aromatic rings. The molecule has 19 heavy (non-hydrogen) atoms. The van der Waals surface area contributed by atoms with Gasteiger partial charge in [0.15, 0.2) is 0 Å². The van der Waals surface area contributed by atoms with Crippen LogP contribution in [0.25, 0.3) is 0 Å². The number of aliphatic hydroxyl groups is 1. The maximum absolute atomic E-state index is 9.78. The van der Waals surface area contributed by atoms with Gasteiger partial charge in [0.1, 0.15) is 18.5 Å². The highest BCUT2D eigenvalue weighted by Crippen LogP contribution is 2.27. The zero-order valence-corrected chi connectivity index (χ0v) is 13.4. The minimum Gasteiger partial charge on any atom is -0.489 e. The van der Waals surface area contributed by atoms with E-state index in [-0.39, 0.29) is 6.61 Å². The Balaban J connectivity index is 2.28. The van der Waals surface area contributed by atoms with Crippen LogP contribution < -0.4 is 10.1 Å². The standard InChI is InChI=1S/C13H19Cl2NO2S/c1-9(19-2)6-16-7-11(17)8-18-13-4-3-10(14)5-12(13)15/h3-5,9,11,16-17H,6-8H2,1-2H3. The predicted octanol–water partition coefficient (Wildman–Crippen LogP) is 3.07. The van der Waals surface area contributed by atoms with Crippen molar-refractivity contribution in [1.29, 1.82) is 0 Å². The average Bonchev–Trinajstić information content (AvgIpc) is 2.37. The number of nitrogens with one attached hydrogen (secondary N) is 1. The first-order valence-electron chi connectivity index (χ1n) is 6.02. The molecule has 0 fully saturated rings. The van der Waals surface area contributed by atoms with Gasteiger partial charge in [-0.15, -0.1) is 0 Å². The molecule has 0 aliphatic heterocycles. The lowest BCUT2D eigenvalue weighted by molar-refractivity contribution is 0.107. The van der Waals surface area contributed by atoms with Crippen LogP contribution in [0.2, 0.25) is 10.0 Å². The fourth-order valence-corrected chi connectivity index (χ4v) is 2.12. The topological polar surface area (TPSA) is 41.5 Å². The van der Waals surface area contributed by atoms with E-state index < -0.39 is 6.10 Å². The van der Waals surface area contributed by atoms with E-state index in [1.54, 1.807) is 30.0 Å². The van der Waals surface area contributed by atoms with Gasteiger partial charge >= 0.3 is 0 Å². The van der Waals surface area contributed by atoms with Crippen LogP contribution in [-0.2, 0) is 0 Å². The normalized spacial score (nSPS) is 14.2. The van der Waals surface area contributed by atoms with Gasteiger partial charge in [0.25, 0.3) is 0 Å². The fourth-order valence-electron chi connectivity index (χ4n) is 1.37. The van der Waals surface area contributed by atoms with Crippen LogP contribution in [0.5, 0.6) is 5.75 Å². The predicted molar refractivity (Wildman–Crippen MR) is 83.8 cm³/mol. The first kappa shape index (κ1) is 16.9. The first-order chi connectivity index (χ1) is 9.02. The Kier molecular flexibility index (Phi) is 7.95. The smallest absolute Gasteiger partial charge is 0.138 e. The van der Waals surface area contributed by atoms with Crippen LogP contribution in [0.1, 0.15) is 6.92 Å². The number of benzene rings is 1. The van der Waals surface area contributed by atoms with E-state index in [9.17, 15) is 5.11 Å². The zero-order chi connectivity index (χ0) is 14.3. The van der Waals surface area contributed by atoms with Gasteiger partial charge in [-0.2, -0.15) is 11.8 Å². The number of ether oxygens (including phenoxy) is 1. The van der Waals surface area contributed by atoms with Crippen molar-refractivity contribution < 1.29 is 9.84 Å². The summed E-state index contributed by atoms with van der Waals surface area (Å²) in [6, 6.07) is 5.01. The van der Waals surface area contributed by atoms with E-state index in [0.717, 1.165) is 6.54 Å². The van der Waals surface area contributed by atoms with Crippen LogP contribution in [0, 0.1) is 0 Å².